The number of carbonyl (C=O) groups is 2. The minimum absolute atomic E-state index is 0.240. The molecule has 0 saturated carbocycles. The molecule has 94 valence electrons. The standard InChI is InChI=1S/C14H14O4/c1-7(2)9-5-6-10(13(15)16)12(14(17)18)11(9)8(3)4/h5-6H,1,3H2,2,4H3,(H,15,16)(H,17,18). The van der Waals surface area contributed by atoms with E-state index in [1.807, 2.05) is 0 Å². The van der Waals surface area contributed by atoms with Crippen molar-refractivity contribution in [2.45, 2.75) is 13.8 Å². The Morgan fingerprint density at radius 3 is 1.72 bits per heavy atom. The summed E-state index contributed by atoms with van der Waals surface area (Å²) in [6.07, 6.45) is 0. The summed E-state index contributed by atoms with van der Waals surface area (Å²) in [7, 11) is 0. The third-order valence-electron chi connectivity index (χ3n) is 2.54. The maximum atomic E-state index is 11.3. The quantitative estimate of drug-likeness (QED) is 0.855. The van der Waals surface area contributed by atoms with Gasteiger partial charge in [-0.05, 0) is 36.6 Å². The van der Waals surface area contributed by atoms with E-state index >= 15 is 0 Å². The number of carboxylic acid groups (broad SMARTS) is 2. The maximum Gasteiger partial charge on any atom is 0.337 e. The lowest BCUT2D eigenvalue weighted by Crippen LogP contribution is -2.12. The van der Waals surface area contributed by atoms with E-state index in [-0.39, 0.29) is 11.1 Å². The van der Waals surface area contributed by atoms with Gasteiger partial charge >= 0.3 is 11.9 Å². The smallest absolute Gasteiger partial charge is 0.337 e. The third kappa shape index (κ3) is 2.32. The SMILES string of the molecule is C=C(C)c1ccc(C(=O)O)c(C(=O)O)c1C(=C)C. The van der Waals surface area contributed by atoms with Crippen LogP contribution in [0.2, 0.25) is 0 Å². The molecule has 0 radical (unpaired) electrons. The summed E-state index contributed by atoms with van der Waals surface area (Å²) in [6.45, 7) is 10.8. The summed E-state index contributed by atoms with van der Waals surface area (Å²) in [5, 5.41) is 18.3. The monoisotopic (exact) mass is 246 g/mol. The molecule has 1 rings (SSSR count). The molecule has 18 heavy (non-hydrogen) atoms. The van der Waals surface area contributed by atoms with Crippen LogP contribution in [0.4, 0.5) is 0 Å². The van der Waals surface area contributed by atoms with E-state index in [2.05, 4.69) is 13.2 Å². The molecule has 0 spiro atoms. The van der Waals surface area contributed by atoms with Crippen molar-refractivity contribution in [3.8, 4) is 0 Å². The van der Waals surface area contributed by atoms with Crippen molar-refractivity contribution in [2.24, 2.45) is 0 Å². The molecule has 0 unspecified atom stereocenters. The first-order valence-electron chi connectivity index (χ1n) is 5.22. The van der Waals surface area contributed by atoms with Gasteiger partial charge in [0.2, 0.25) is 0 Å². The highest BCUT2D eigenvalue weighted by Crippen LogP contribution is 2.29. The van der Waals surface area contributed by atoms with Gasteiger partial charge in [0.05, 0.1) is 11.1 Å². The molecule has 4 nitrogen and oxygen atoms in total. The molecule has 1 aromatic rings. The van der Waals surface area contributed by atoms with Gasteiger partial charge < -0.3 is 10.2 Å². The van der Waals surface area contributed by atoms with Gasteiger partial charge in [-0.3, -0.25) is 0 Å². The van der Waals surface area contributed by atoms with Gasteiger partial charge in [-0.25, -0.2) is 9.59 Å². The number of allylic oxidation sites excluding steroid dienone is 2. The Balaban J connectivity index is 3.82. The van der Waals surface area contributed by atoms with Crippen molar-refractivity contribution in [3.63, 3.8) is 0 Å². The lowest BCUT2D eigenvalue weighted by Gasteiger charge is -2.14. The van der Waals surface area contributed by atoms with Gasteiger partial charge in [0.1, 0.15) is 0 Å². The van der Waals surface area contributed by atoms with E-state index in [4.69, 9.17) is 5.11 Å². The van der Waals surface area contributed by atoms with Crippen LogP contribution in [0.5, 0.6) is 0 Å². The fourth-order valence-corrected chi connectivity index (χ4v) is 1.80. The summed E-state index contributed by atoms with van der Waals surface area (Å²) in [4.78, 5) is 22.4. The zero-order chi connectivity index (χ0) is 14.0. The van der Waals surface area contributed by atoms with Crippen LogP contribution in [0, 0.1) is 0 Å². The molecule has 4 heteroatoms. The number of hydrogen-bond donors (Lipinski definition) is 2. The first kappa shape index (κ1) is 13.7. The molecule has 0 aliphatic rings. The van der Waals surface area contributed by atoms with E-state index < -0.39 is 11.9 Å². The molecule has 0 bridgehead atoms. The summed E-state index contributed by atoms with van der Waals surface area (Å²) >= 11 is 0. The van der Waals surface area contributed by atoms with E-state index in [1.54, 1.807) is 19.9 Å². The van der Waals surface area contributed by atoms with Crippen LogP contribution < -0.4 is 0 Å². The number of benzene rings is 1. The van der Waals surface area contributed by atoms with Crippen molar-refractivity contribution in [2.75, 3.05) is 0 Å². The minimum Gasteiger partial charge on any atom is -0.478 e. The molecule has 0 aliphatic carbocycles. The topological polar surface area (TPSA) is 74.6 Å². The van der Waals surface area contributed by atoms with Crippen molar-refractivity contribution in [3.05, 3.63) is 47.5 Å². The van der Waals surface area contributed by atoms with Crippen molar-refractivity contribution >= 4 is 23.1 Å². The Kier molecular flexibility index (Phi) is 3.71. The Labute approximate surface area is 105 Å². The minimum atomic E-state index is -1.28. The van der Waals surface area contributed by atoms with E-state index in [0.29, 0.717) is 22.3 Å². The van der Waals surface area contributed by atoms with Gasteiger partial charge in [0.25, 0.3) is 0 Å². The van der Waals surface area contributed by atoms with Crippen LogP contribution in [0.15, 0.2) is 25.3 Å². The Hall–Kier alpha value is -2.36. The highest BCUT2D eigenvalue weighted by molar-refractivity contribution is 6.06. The van der Waals surface area contributed by atoms with Crippen LogP contribution in [-0.4, -0.2) is 22.2 Å². The largest absolute Gasteiger partial charge is 0.478 e. The molecule has 0 amide bonds. The van der Waals surface area contributed by atoms with Crippen molar-refractivity contribution in [1.29, 1.82) is 0 Å². The van der Waals surface area contributed by atoms with Gasteiger partial charge in [0, 0.05) is 0 Å². The van der Waals surface area contributed by atoms with Crippen LogP contribution >= 0.6 is 0 Å². The molecular weight excluding hydrogens is 232 g/mol. The molecule has 2 N–H and O–H groups in total. The van der Waals surface area contributed by atoms with Crippen LogP contribution in [0.1, 0.15) is 45.7 Å². The normalized spacial score (nSPS) is 9.89. The predicted molar refractivity (Wildman–Crippen MR) is 69.8 cm³/mol. The van der Waals surface area contributed by atoms with Crippen molar-refractivity contribution < 1.29 is 19.8 Å². The fraction of sp³-hybridized carbons (Fsp3) is 0.143. The molecule has 1 aromatic carbocycles. The number of aromatic carboxylic acids is 2. The highest BCUT2D eigenvalue weighted by Gasteiger charge is 2.23. The summed E-state index contributed by atoms with van der Waals surface area (Å²) < 4.78 is 0. The average molecular weight is 246 g/mol. The number of carboxylic acids is 2. The van der Waals surface area contributed by atoms with Gasteiger partial charge in [-0.2, -0.15) is 0 Å². The second-order valence-electron chi connectivity index (χ2n) is 4.08. The Bertz CT molecular complexity index is 516. The summed E-state index contributed by atoms with van der Waals surface area (Å²) in [5.74, 6) is -2.56. The molecular formula is C14H14O4. The first-order chi connectivity index (χ1) is 8.27. The molecule has 0 heterocycles. The second kappa shape index (κ2) is 4.87. The van der Waals surface area contributed by atoms with Gasteiger partial charge in [0.15, 0.2) is 0 Å². The van der Waals surface area contributed by atoms with Crippen LogP contribution in [-0.2, 0) is 0 Å². The van der Waals surface area contributed by atoms with Crippen LogP contribution in [0.3, 0.4) is 0 Å². The van der Waals surface area contributed by atoms with E-state index in [0.717, 1.165) is 0 Å². The molecule has 0 atom stereocenters. The molecule has 0 aromatic heterocycles. The highest BCUT2D eigenvalue weighted by atomic mass is 16.4. The summed E-state index contributed by atoms with van der Waals surface area (Å²) in [5.41, 5.74) is 1.60. The lowest BCUT2D eigenvalue weighted by molar-refractivity contribution is 0.0651. The second-order valence-corrected chi connectivity index (χ2v) is 4.08. The Morgan fingerprint density at radius 2 is 1.39 bits per heavy atom. The fourth-order valence-electron chi connectivity index (χ4n) is 1.80. The number of rotatable bonds is 4. The number of hydrogen-bond acceptors (Lipinski definition) is 2. The molecule has 0 aliphatic heterocycles. The third-order valence-corrected chi connectivity index (χ3v) is 2.54. The van der Waals surface area contributed by atoms with Gasteiger partial charge in [-0.15, -0.1) is 0 Å². The summed E-state index contributed by atoms with van der Waals surface area (Å²) in [6, 6.07) is 2.84. The predicted octanol–water partition coefficient (Wildman–Crippen LogP) is 3.15. The first-order valence-corrected chi connectivity index (χ1v) is 5.22. The Morgan fingerprint density at radius 1 is 0.889 bits per heavy atom. The van der Waals surface area contributed by atoms with Gasteiger partial charge in [-0.1, -0.05) is 24.8 Å². The van der Waals surface area contributed by atoms with Crippen molar-refractivity contribution in [1.82, 2.24) is 0 Å². The molecule has 0 saturated heterocycles. The molecule has 0 fully saturated rings. The zero-order valence-electron chi connectivity index (χ0n) is 10.3. The average Bonchev–Trinajstić information content (AvgIpc) is 2.26. The van der Waals surface area contributed by atoms with E-state index in [9.17, 15) is 14.7 Å². The van der Waals surface area contributed by atoms with Crippen LogP contribution in [0.25, 0.3) is 11.1 Å². The lowest BCUT2D eigenvalue weighted by atomic mass is 9.89. The van der Waals surface area contributed by atoms with E-state index in [1.165, 1.54) is 6.07 Å². The maximum absolute atomic E-state index is 11.3. The zero-order valence-corrected chi connectivity index (χ0v) is 10.3.